The molecule has 0 aliphatic rings. The molecule has 0 radical (unpaired) electrons. The number of alkyl halides is 1. The fraction of sp³-hybridized carbons (Fsp3) is 0.273. The van der Waals surface area contributed by atoms with E-state index < -0.39 is 11.6 Å². The fourth-order valence-corrected chi connectivity index (χ4v) is 1.52. The molecule has 3 nitrogen and oxygen atoms in total. The Labute approximate surface area is 102 Å². The summed E-state index contributed by atoms with van der Waals surface area (Å²) in [5.41, 5.74) is 0.537. The van der Waals surface area contributed by atoms with Crippen molar-refractivity contribution >= 4 is 11.6 Å². The molecule has 1 atom stereocenters. The standard InChI is InChI=1S/C11H10ClF2N3/c1-7(12)11-6-17(16-15-11)5-8-9(13)3-2-4-10(8)14/h2-4,6-7H,5H2,1H3. The van der Waals surface area contributed by atoms with Crippen LogP contribution >= 0.6 is 11.6 Å². The minimum atomic E-state index is -0.596. The second-order valence-electron chi connectivity index (χ2n) is 3.66. The van der Waals surface area contributed by atoms with Crippen molar-refractivity contribution in [3.63, 3.8) is 0 Å². The second kappa shape index (κ2) is 4.79. The molecule has 0 bridgehead atoms. The Morgan fingerprint density at radius 3 is 2.53 bits per heavy atom. The zero-order chi connectivity index (χ0) is 12.4. The van der Waals surface area contributed by atoms with E-state index in [0.717, 1.165) is 0 Å². The van der Waals surface area contributed by atoms with Gasteiger partial charge in [-0.1, -0.05) is 11.3 Å². The fourth-order valence-electron chi connectivity index (χ4n) is 1.42. The van der Waals surface area contributed by atoms with Crippen LogP contribution in [-0.2, 0) is 6.54 Å². The van der Waals surface area contributed by atoms with Gasteiger partial charge in [0.15, 0.2) is 0 Å². The maximum atomic E-state index is 13.4. The SMILES string of the molecule is CC(Cl)c1cn(Cc2c(F)cccc2F)nn1. The van der Waals surface area contributed by atoms with E-state index in [-0.39, 0.29) is 17.5 Å². The number of halogens is 3. The maximum absolute atomic E-state index is 13.4. The zero-order valence-corrected chi connectivity index (χ0v) is 9.83. The first-order valence-electron chi connectivity index (χ1n) is 5.05. The van der Waals surface area contributed by atoms with Gasteiger partial charge in [0, 0.05) is 5.56 Å². The van der Waals surface area contributed by atoms with Crippen LogP contribution in [0.1, 0.15) is 23.6 Å². The predicted octanol–water partition coefficient (Wildman–Crippen LogP) is 2.90. The van der Waals surface area contributed by atoms with Crippen LogP contribution in [0.5, 0.6) is 0 Å². The third-order valence-electron chi connectivity index (χ3n) is 2.35. The number of benzene rings is 1. The smallest absolute Gasteiger partial charge is 0.131 e. The summed E-state index contributed by atoms with van der Waals surface area (Å²) in [4.78, 5) is 0. The summed E-state index contributed by atoms with van der Waals surface area (Å²) in [6.45, 7) is 1.74. The molecule has 90 valence electrons. The highest BCUT2D eigenvalue weighted by Crippen LogP contribution is 2.17. The number of nitrogens with zero attached hydrogens (tertiary/aromatic N) is 3. The van der Waals surface area contributed by atoms with Crippen LogP contribution in [0.15, 0.2) is 24.4 Å². The van der Waals surface area contributed by atoms with Gasteiger partial charge in [-0.15, -0.1) is 16.7 Å². The molecule has 0 aliphatic heterocycles. The molecule has 1 aromatic carbocycles. The van der Waals surface area contributed by atoms with Gasteiger partial charge in [0.05, 0.1) is 18.1 Å². The number of hydrogen-bond acceptors (Lipinski definition) is 2. The van der Waals surface area contributed by atoms with E-state index in [2.05, 4.69) is 10.3 Å². The van der Waals surface area contributed by atoms with Gasteiger partial charge in [0.1, 0.15) is 17.3 Å². The van der Waals surface area contributed by atoms with E-state index in [0.29, 0.717) is 5.69 Å². The molecule has 6 heteroatoms. The molecule has 2 rings (SSSR count). The highest BCUT2D eigenvalue weighted by molar-refractivity contribution is 6.20. The first-order valence-corrected chi connectivity index (χ1v) is 5.48. The van der Waals surface area contributed by atoms with Crippen molar-refractivity contribution in [3.8, 4) is 0 Å². The third kappa shape index (κ3) is 2.61. The van der Waals surface area contributed by atoms with E-state index in [1.54, 1.807) is 13.1 Å². The summed E-state index contributed by atoms with van der Waals surface area (Å²) in [6.07, 6.45) is 1.57. The van der Waals surface area contributed by atoms with Crippen molar-refractivity contribution in [2.24, 2.45) is 0 Å². The largest absolute Gasteiger partial charge is 0.248 e. The minimum absolute atomic E-state index is 0.00485. The average Bonchev–Trinajstić information content (AvgIpc) is 2.72. The molecule has 0 saturated heterocycles. The molecule has 0 aliphatic carbocycles. The van der Waals surface area contributed by atoms with Crippen LogP contribution in [0, 0.1) is 11.6 Å². The Hall–Kier alpha value is -1.49. The van der Waals surface area contributed by atoms with E-state index in [4.69, 9.17) is 11.6 Å². The van der Waals surface area contributed by atoms with Crippen molar-refractivity contribution in [1.29, 1.82) is 0 Å². The normalized spacial score (nSPS) is 12.7. The first-order chi connectivity index (χ1) is 8.08. The lowest BCUT2D eigenvalue weighted by Gasteiger charge is -2.03. The van der Waals surface area contributed by atoms with Crippen molar-refractivity contribution in [1.82, 2.24) is 15.0 Å². The minimum Gasteiger partial charge on any atom is -0.248 e. The van der Waals surface area contributed by atoms with Crippen LogP contribution in [-0.4, -0.2) is 15.0 Å². The molecular weight excluding hydrogens is 248 g/mol. The first kappa shape index (κ1) is 12.0. The van der Waals surface area contributed by atoms with Gasteiger partial charge >= 0.3 is 0 Å². The Kier molecular flexibility index (Phi) is 3.38. The highest BCUT2D eigenvalue weighted by atomic mass is 35.5. The lowest BCUT2D eigenvalue weighted by atomic mass is 10.2. The summed E-state index contributed by atoms with van der Waals surface area (Å²) >= 11 is 5.82. The number of aromatic nitrogens is 3. The van der Waals surface area contributed by atoms with E-state index in [9.17, 15) is 8.78 Å². The Bertz CT molecular complexity index is 505. The molecule has 1 unspecified atom stereocenters. The van der Waals surface area contributed by atoms with Crippen LogP contribution in [0.2, 0.25) is 0 Å². The Balaban J connectivity index is 2.25. The van der Waals surface area contributed by atoms with Gasteiger partial charge < -0.3 is 0 Å². The highest BCUT2D eigenvalue weighted by Gasteiger charge is 2.11. The summed E-state index contributed by atoms with van der Waals surface area (Å²) < 4.78 is 28.1. The second-order valence-corrected chi connectivity index (χ2v) is 4.31. The zero-order valence-electron chi connectivity index (χ0n) is 9.07. The monoisotopic (exact) mass is 257 g/mol. The maximum Gasteiger partial charge on any atom is 0.131 e. The van der Waals surface area contributed by atoms with Crippen molar-refractivity contribution in [3.05, 3.63) is 47.3 Å². The molecule has 17 heavy (non-hydrogen) atoms. The molecule has 1 aromatic heterocycles. The van der Waals surface area contributed by atoms with Crippen molar-refractivity contribution in [2.75, 3.05) is 0 Å². The van der Waals surface area contributed by atoms with E-state index in [1.807, 2.05) is 0 Å². The van der Waals surface area contributed by atoms with Crippen LogP contribution in [0.4, 0.5) is 8.78 Å². The van der Waals surface area contributed by atoms with E-state index >= 15 is 0 Å². The van der Waals surface area contributed by atoms with E-state index in [1.165, 1.54) is 22.9 Å². The summed E-state index contributed by atoms with van der Waals surface area (Å²) in [7, 11) is 0. The Morgan fingerprint density at radius 1 is 1.35 bits per heavy atom. The average molecular weight is 258 g/mol. The van der Waals surface area contributed by atoms with Crippen LogP contribution in [0.25, 0.3) is 0 Å². The number of hydrogen-bond donors (Lipinski definition) is 0. The molecule has 0 saturated carbocycles. The summed E-state index contributed by atoms with van der Waals surface area (Å²) in [5.74, 6) is -1.19. The lowest BCUT2D eigenvalue weighted by Crippen LogP contribution is -2.05. The number of rotatable bonds is 3. The molecule has 0 N–H and O–H groups in total. The van der Waals surface area contributed by atoms with Gasteiger partial charge in [-0.2, -0.15) is 0 Å². The molecule has 2 aromatic rings. The third-order valence-corrected chi connectivity index (χ3v) is 2.57. The molecular formula is C11H10ClF2N3. The molecule has 0 fully saturated rings. The summed E-state index contributed by atoms with van der Waals surface area (Å²) in [6, 6.07) is 3.74. The predicted molar refractivity (Wildman–Crippen MR) is 59.8 cm³/mol. The van der Waals surface area contributed by atoms with Crippen molar-refractivity contribution in [2.45, 2.75) is 18.8 Å². The molecule has 0 amide bonds. The summed E-state index contributed by atoms with van der Waals surface area (Å²) in [5, 5.41) is 7.29. The molecule has 1 heterocycles. The van der Waals surface area contributed by atoms with Gasteiger partial charge in [-0.05, 0) is 19.1 Å². The van der Waals surface area contributed by atoms with Gasteiger partial charge in [-0.3, -0.25) is 0 Å². The van der Waals surface area contributed by atoms with Crippen LogP contribution < -0.4 is 0 Å². The van der Waals surface area contributed by atoms with Gasteiger partial charge in [0.2, 0.25) is 0 Å². The van der Waals surface area contributed by atoms with Crippen molar-refractivity contribution < 1.29 is 8.78 Å². The van der Waals surface area contributed by atoms with Crippen LogP contribution in [0.3, 0.4) is 0 Å². The Morgan fingerprint density at radius 2 is 2.00 bits per heavy atom. The topological polar surface area (TPSA) is 30.7 Å². The van der Waals surface area contributed by atoms with Gasteiger partial charge in [0.25, 0.3) is 0 Å². The lowest BCUT2D eigenvalue weighted by molar-refractivity contribution is 0.528. The quantitative estimate of drug-likeness (QED) is 0.792. The molecule has 0 spiro atoms. The van der Waals surface area contributed by atoms with Gasteiger partial charge in [-0.25, -0.2) is 13.5 Å².